The molecule has 24 heavy (non-hydrogen) atoms. The number of alkyl halides is 2. The van der Waals surface area contributed by atoms with Crippen LogP contribution < -0.4 is 15.2 Å². The highest BCUT2D eigenvalue weighted by Crippen LogP contribution is 2.60. The molecule has 6 heteroatoms. The molecule has 0 unspecified atom stereocenters. The van der Waals surface area contributed by atoms with E-state index in [4.69, 9.17) is 26.8 Å². The topological polar surface area (TPSA) is 44.5 Å². The average molecular weight is 352 g/mol. The lowest BCUT2D eigenvalue weighted by Gasteiger charge is -2.50. The third-order valence-corrected chi connectivity index (χ3v) is 5.14. The number of benzene rings is 2. The van der Waals surface area contributed by atoms with Crippen LogP contribution in [0.25, 0.3) is 11.1 Å². The summed E-state index contributed by atoms with van der Waals surface area (Å²) in [6.45, 7) is 1.91. The number of halogens is 3. The van der Waals surface area contributed by atoms with Crippen LogP contribution in [-0.4, -0.2) is 13.0 Å². The highest BCUT2D eigenvalue weighted by molar-refractivity contribution is 6.33. The van der Waals surface area contributed by atoms with Crippen molar-refractivity contribution >= 4 is 17.3 Å². The molecule has 126 valence electrons. The number of methoxy groups -OCH3 is 1. The molecule has 4 rings (SSSR count). The molecule has 1 fully saturated rings. The van der Waals surface area contributed by atoms with Crippen LogP contribution in [0, 0.1) is 6.92 Å². The first-order valence-corrected chi connectivity index (χ1v) is 7.98. The van der Waals surface area contributed by atoms with Gasteiger partial charge in [-0.25, -0.2) is 8.78 Å². The maximum atomic E-state index is 13.7. The average Bonchev–Trinajstić information content (AvgIpc) is 2.47. The van der Waals surface area contributed by atoms with Gasteiger partial charge < -0.3 is 15.2 Å². The summed E-state index contributed by atoms with van der Waals surface area (Å²) in [7, 11) is 1.56. The number of nitrogens with two attached hydrogens (primary N) is 1. The van der Waals surface area contributed by atoms with Crippen molar-refractivity contribution in [3.05, 3.63) is 40.4 Å². The Morgan fingerprint density at radius 2 is 1.88 bits per heavy atom. The largest absolute Gasteiger partial charge is 0.496 e. The Labute approximate surface area is 143 Å². The summed E-state index contributed by atoms with van der Waals surface area (Å²) in [5, 5.41) is 0.409. The SMILES string of the molecule is COc1cc2c(cc1C)-c1cc(Cl)c(N)cc1OC21CC(F)(F)C1. The van der Waals surface area contributed by atoms with Gasteiger partial charge in [-0.3, -0.25) is 0 Å². The summed E-state index contributed by atoms with van der Waals surface area (Å²) in [6, 6.07) is 7.06. The summed E-state index contributed by atoms with van der Waals surface area (Å²) in [5.41, 5.74) is 8.41. The van der Waals surface area contributed by atoms with E-state index in [2.05, 4.69) is 0 Å². The van der Waals surface area contributed by atoms with Crippen molar-refractivity contribution in [3.63, 3.8) is 0 Å². The molecule has 0 amide bonds. The number of ether oxygens (including phenoxy) is 2. The molecule has 0 aromatic heterocycles. The molecule has 2 aromatic rings. The summed E-state index contributed by atoms with van der Waals surface area (Å²) < 4.78 is 38.8. The van der Waals surface area contributed by atoms with Crippen molar-refractivity contribution in [2.24, 2.45) is 0 Å². The molecule has 1 aliphatic heterocycles. The van der Waals surface area contributed by atoms with Gasteiger partial charge in [-0.1, -0.05) is 11.6 Å². The zero-order valence-corrected chi connectivity index (χ0v) is 14.0. The van der Waals surface area contributed by atoms with E-state index >= 15 is 0 Å². The van der Waals surface area contributed by atoms with Gasteiger partial charge in [0.25, 0.3) is 5.92 Å². The minimum atomic E-state index is -2.73. The number of aryl methyl sites for hydroxylation is 1. The molecule has 3 nitrogen and oxygen atoms in total. The molecule has 0 atom stereocenters. The fraction of sp³-hybridized carbons (Fsp3) is 0.333. The number of fused-ring (bicyclic) bond motifs is 4. The monoisotopic (exact) mass is 351 g/mol. The summed E-state index contributed by atoms with van der Waals surface area (Å²) in [6.07, 6.45) is -0.720. The second-order valence-electron chi connectivity index (χ2n) is 6.54. The first kappa shape index (κ1) is 15.5. The van der Waals surface area contributed by atoms with E-state index < -0.39 is 11.5 Å². The van der Waals surface area contributed by atoms with E-state index in [1.165, 1.54) is 0 Å². The van der Waals surface area contributed by atoms with Crippen molar-refractivity contribution < 1.29 is 18.3 Å². The van der Waals surface area contributed by atoms with E-state index in [1.54, 1.807) is 25.3 Å². The molecule has 2 aliphatic rings. The van der Waals surface area contributed by atoms with Gasteiger partial charge in [0.2, 0.25) is 0 Å². The van der Waals surface area contributed by atoms with Crippen LogP contribution in [-0.2, 0) is 5.60 Å². The van der Waals surface area contributed by atoms with Crippen molar-refractivity contribution in [1.82, 2.24) is 0 Å². The first-order chi connectivity index (χ1) is 11.2. The summed E-state index contributed by atoms with van der Waals surface area (Å²) in [4.78, 5) is 0. The van der Waals surface area contributed by atoms with Crippen LogP contribution in [0.4, 0.5) is 14.5 Å². The van der Waals surface area contributed by atoms with Gasteiger partial charge in [0, 0.05) is 17.2 Å². The predicted molar refractivity (Wildman–Crippen MR) is 89.1 cm³/mol. The highest BCUT2D eigenvalue weighted by atomic mass is 35.5. The Morgan fingerprint density at radius 1 is 1.17 bits per heavy atom. The van der Waals surface area contributed by atoms with Crippen LogP contribution in [0.5, 0.6) is 11.5 Å². The van der Waals surface area contributed by atoms with E-state index in [0.717, 1.165) is 16.7 Å². The van der Waals surface area contributed by atoms with E-state index in [-0.39, 0.29) is 12.8 Å². The normalized spacial score (nSPS) is 19.0. The molecule has 0 saturated heterocycles. The number of hydrogen-bond donors (Lipinski definition) is 1. The zero-order chi connectivity index (χ0) is 17.3. The standard InChI is InChI=1S/C18H16ClF2NO2/c1-9-3-10-11-4-13(19)14(22)6-16(11)24-17(7-18(20,21)8-17)12(10)5-15(9)23-2/h3-6H,7-8,22H2,1-2H3. The van der Waals surface area contributed by atoms with Crippen molar-refractivity contribution in [2.75, 3.05) is 12.8 Å². The van der Waals surface area contributed by atoms with Gasteiger partial charge >= 0.3 is 0 Å². The number of rotatable bonds is 1. The Morgan fingerprint density at radius 3 is 2.50 bits per heavy atom. The maximum Gasteiger partial charge on any atom is 0.256 e. The van der Waals surface area contributed by atoms with Crippen LogP contribution >= 0.6 is 11.6 Å². The fourth-order valence-electron chi connectivity index (χ4n) is 3.68. The third-order valence-electron chi connectivity index (χ3n) is 4.81. The van der Waals surface area contributed by atoms with Crippen molar-refractivity contribution in [2.45, 2.75) is 31.3 Å². The lowest BCUT2D eigenvalue weighted by atomic mass is 9.68. The number of anilines is 1. The third kappa shape index (κ3) is 2.07. The Hall–Kier alpha value is -2.01. The second kappa shape index (κ2) is 4.76. The molecule has 0 radical (unpaired) electrons. The van der Waals surface area contributed by atoms with Crippen LogP contribution in [0.15, 0.2) is 24.3 Å². The van der Waals surface area contributed by atoms with E-state index in [0.29, 0.717) is 27.8 Å². The Bertz CT molecular complexity index is 859. The van der Waals surface area contributed by atoms with Crippen LogP contribution in [0.3, 0.4) is 0 Å². The molecular weight excluding hydrogens is 336 g/mol. The molecule has 2 aromatic carbocycles. The minimum absolute atomic E-state index is 0.360. The van der Waals surface area contributed by atoms with Crippen molar-refractivity contribution in [1.29, 1.82) is 0 Å². The van der Waals surface area contributed by atoms with Crippen LogP contribution in [0.1, 0.15) is 24.0 Å². The van der Waals surface area contributed by atoms with Gasteiger partial charge in [0.05, 0.1) is 30.7 Å². The Kier molecular flexibility index (Phi) is 3.08. The highest BCUT2D eigenvalue weighted by Gasteiger charge is 2.61. The number of hydrogen-bond acceptors (Lipinski definition) is 3. The number of nitrogen functional groups attached to an aromatic ring is 1. The molecule has 0 bridgehead atoms. The smallest absolute Gasteiger partial charge is 0.256 e. The van der Waals surface area contributed by atoms with Gasteiger partial charge in [-0.2, -0.15) is 0 Å². The molecule has 1 spiro atoms. The molecule has 2 N–H and O–H groups in total. The molecule has 1 saturated carbocycles. The first-order valence-electron chi connectivity index (χ1n) is 7.60. The van der Waals surface area contributed by atoms with Gasteiger partial charge in [-0.05, 0) is 36.2 Å². The lowest BCUT2D eigenvalue weighted by Crippen LogP contribution is -2.54. The van der Waals surface area contributed by atoms with Crippen LogP contribution in [0.2, 0.25) is 5.02 Å². The molecular formula is C18H16ClF2NO2. The second-order valence-corrected chi connectivity index (χ2v) is 6.95. The lowest BCUT2D eigenvalue weighted by molar-refractivity contribution is -0.198. The van der Waals surface area contributed by atoms with E-state index in [1.807, 2.05) is 13.0 Å². The summed E-state index contributed by atoms with van der Waals surface area (Å²) in [5.74, 6) is -1.59. The van der Waals surface area contributed by atoms with Gasteiger partial charge in [0.1, 0.15) is 17.1 Å². The fourth-order valence-corrected chi connectivity index (χ4v) is 3.85. The molecule has 1 heterocycles. The summed E-state index contributed by atoms with van der Waals surface area (Å²) >= 11 is 6.15. The van der Waals surface area contributed by atoms with E-state index in [9.17, 15) is 8.78 Å². The van der Waals surface area contributed by atoms with Gasteiger partial charge in [-0.15, -0.1) is 0 Å². The van der Waals surface area contributed by atoms with Gasteiger partial charge in [0.15, 0.2) is 0 Å². The minimum Gasteiger partial charge on any atom is -0.496 e. The molecule has 1 aliphatic carbocycles. The Balaban J connectivity index is 1.97. The van der Waals surface area contributed by atoms with Crippen molar-refractivity contribution in [3.8, 4) is 22.6 Å². The quantitative estimate of drug-likeness (QED) is 0.741. The predicted octanol–water partition coefficient (Wildman–Crippen LogP) is 4.92. The maximum absolute atomic E-state index is 13.7. The zero-order valence-electron chi connectivity index (χ0n) is 13.3.